The van der Waals surface area contributed by atoms with E-state index in [1.807, 2.05) is 37.4 Å². The van der Waals surface area contributed by atoms with Crippen molar-refractivity contribution in [1.29, 1.82) is 0 Å². The van der Waals surface area contributed by atoms with Gasteiger partial charge in [0.25, 0.3) is 0 Å². The van der Waals surface area contributed by atoms with E-state index in [0.717, 1.165) is 20.4 Å². The van der Waals surface area contributed by atoms with E-state index in [2.05, 4.69) is 37.9 Å². The van der Waals surface area contributed by atoms with Crippen LogP contribution in [-0.2, 0) is 0 Å². The summed E-state index contributed by atoms with van der Waals surface area (Å²) in [5.41, 5.74) is 0.848. The maximum atomic E-state index is 5.74. The number of hydrogen-bond acceptors (Lipinski definition) is 4. The van der Waals surface area contributed by atoms with Gasteiger partial charge in [0.05, 0.1) is 3.57 Å². The van der Waals surface area contributed by atoms with Crippen molar-refractivity contribution in [1.82, 2.24) is 9.97 Å². The molecule has 4 nitrogen and oxygen atoms in total. The summed E-state index contributed by atoms with van der Waals surface area (Å²) in [6, 6.07) is 9.83. The van der Waals surface area contributed by atoms with Gasteiger partial charge >= 0.3 is 0 Å². The fourth-order valence-corrected chi connectivity index (χ4v) is 2.28. The molecule has 3 aromatic rings. The smallest absolute Gasteiger partial charge is 0.197 e. The average molecular weight is 351 g/mol. The number of nitrogens with zero attached hydrogens (tertiary/aromatic N) is 2. The Morgan fingerprint density at radius 1 is 1.28 bits per heavy atom. The van der Waals surface area contributed by atoms with Gasteiger partial charge in [-0.25, -0.2) is 9.97 Å². The number of hydrogen-bond donors (Lipinski definition) is 1. The lowest BCUT2D eigenvalue weighted by atomic mass is 10.2. The summed E-state index contributed by atoms with van der Waals surface area (Å²) < 4.78 is 6.72. The van der Waals surface area contributed by atoms with Crippen LogP contribution in [0, 0.1) is 3.57 Å². The Kier molecular flexibility index (Phi) is 2.91. The van der Waals surface area contributed by atoms with Crippen LogP contribution >= 0.6 is 22.6 Å². The van der Waals surface area contributed by atoms with Crippen molar-refractivity contribution in [3.8, 4) is 11.6 Å². The fraction of sp³-hybridized carbons (Fsp3) is 0.0769. The van der Waals surface area contributed by atoms with E-state index >= 15 is 0 Å². The molecule has 2 heterocycles. The molecule has 0 unspecified atom stereocenters. The summed E-state index contributed by atoms with van der Waals surface area (Å²) in [6.45, 7) is 0. The van der Waals surface area contributed by atoms with Crippen LogP contribution < -0.4 is 5.32 Å². The second-order valence-electron chi connectivity index (χ2n) is 3.79. The van der Waals surface area contributed by atoms with E-state index in [1.54, 1.807) is 6.20 Å². The average Bonchev–Trinajstić information content (AvgIpc) is 2.83. The lowest BCUT2D eigenvalue weighted by molar-refractivity contribution is 0.625. The molecule has 0 saturated heterocycles. The van der Waals surface area contributed by atoms with E-state index in [4.69, 9.17) is 4.42 Å². The lowest BCUT2D eigenvalue weighted by Gasteiger charge is -2.02. The SMILES string of the molecule is CNc1nc(-c2cc3ccccc3o2)ncc1I. The summed E-state index contributed by atoms with van der Waals surface area (Å²) in [5.74, 6) is 2.08. The summed E-state index contributed by atoms with van der Waals surface area (Å²) >= 11 is 2.19. The topological polar surface area (TPSA) is 51.0 Å². The minimum absolute atomic E-state index is 0.593. The maximum absolute atomic E-state index is 5.74. The predicted octanol–water partition coefficient (Wildman–Crippen LogP) is 3.54. The second-order valence-corrected chi connectivity index (χ2v) is 4.95. The van der Waals surface area contributed by atoms with Crippen molar-refractivity contribution >= 4 is 39.4 Å². The minimum atomic E-state index is 0.593. The van der Waals surface area contributed by atoms with Gasteiger partial charge in [0.2, 0.25) is 0 Å². The number of aromatic nitrogens is 2. The highest BCUT2D eigenvalue weighted by Crippen LogP contribution is 2.26. The molecule has 1 aromatic carbocycles. The summed E-state index contributed by atoms with van der Waals surface area (Å²) in [5, 5.41) is 4.10. The molecule has 0 saturated carbocycles. The van der Waals surface area contributed by atoms with Crippen molar-refractivity contribution in [3.05, 3.63) is 40.1 Å². The quantitative estimate of drug-likeness (QED) is 0.718. The first-order valence-corrected chi connectivity index (χ1v) is 6.55. The molecule has 90 valence electrons. The Labute approximate surface area is 118 Å². The van der Waals surface area contributed by atoms with Gasteiger partial charge in [-0.2, -0.15) is 0 Å². The van der Waals surface area contributed by atoms with Gasteiger partial charge in [-0.05, 0) is 34.7 Å². The van der Waals surface area contributed by atoms with Gasteiger partial charge in [-0.15, -0.1) is 0 Å². The van der Waals surface area contributed by atoms with Crippen molar-refractivity contribution < 1.29 is 4.42 Å². The number of benzene rings is 1. The fourth-order valence-electron chi connectivity index (χ4n) is 1.75. The molecule has 0 fully saturated rings. The molecule has 0 bridgehead atoms. The van der Waals surface area contributed by atoms with Crippen LogP contribution in [0.2, 0.25) is 0 Å². The third-order valence-corrected chi connectivity index (χ3v) is 3.42. The Hall–Kier alpha value is -1.63. The highest BCUT2D eigenvalue weighted by atomic mass is 127. The van der Waals surface area contributed by atoms with Gasteiger partial charge in [0.1, 0.15) is 11.4 Å². The minimum Gasteiger partial charge on any atom is -0.453 e. The van der Waals surface area contributed by atoms with Gasteiger partial charge in [0, 0.05) is 18.6 Å². The third-order valence-electron chi connectivity index (χ3n) is 2.63. The van der Waals surface area contributed by atoms with Crippen LogP contribution in [0.25, 0.3) is 22.6 Å². The summed E-state index contributed by atoms with van der Waals surface area (Å²) in [4.78, 5) is 8.73. The van der Waals surface area contributed by atoms with Gasteiger partial charge in [-0.1, -0.05) is 18.2 Å². The maximum Gasteiger partial charge on any atom is 0.197 e. The molecule has 0 radical (unpaired) electrons. The first-order valence-electron chi connectivity index (χ1n) is 5.47. The number of halogens is 1. The van der Waals surface area contributed by atoms with E-state index in [1.165, 1.54) is 0 Å². The number of rotatable bonds is 2. The molecule has 0 spiro atoms. The van der Waals surface area contributed by atoms with Gasteiger partial charge in [0.15, 0.2) is 11.6 Å². The van der Waals surface area contributed by atoms with Crippen molar-refractivity contribution in [3.63, 3.8) is 0 Å². The van der Waals surface area contributed by atoms with Gasteiger partial charge < -0.3 is 9.73 Å². The molecule has 0 aliphatic heterocycles. The summed E-state index contributed by atoms with van der Waals surface area (Å²) in [7, 11) is 1.84. The van der Waals surface area contributed by atoms with E-state index in [9.17, 15) is 0 Å². The second kappa shape index (κ2) is 4.56. The first-order chi connectivity index (χ1) is 8.78. The molecular formula is C13H10IN3O. The van der Waals surface area contributed by atoms with Gasteiger partial charge in [-0.3, -0.25) is 0 Å². The number of para-hydroxylation sites is 1. The van der Waals surface area contributed by atoms with Crippen LogP contribution in [0.5, 0.6) is 0 Å². The van der Waals surface area contributed by atoms with Crippen LogP contribution in [-0.4, -0.2) is 17.0 Å². The predicted molar refractivity (Wildman–Crippen MR) is 79.5 cm³/mol. The highest BCUT2D eigenvalue weighted by molar-refractivity contribution is 14.1. The van der Waals surface area contributed by atoms with Crippen LogP contribution in [0.1, 0.15) is 0 Å². The normalized spacial score (nSPS) is 10.8. The van der Waals surface area contributed by atoms with E-state index < -0.39 is 0 Å². The first kappa shape index (κ1) is 11.5. The number of furan rings is 1. The zero-order valence-corrected chi connectivity index (χ0v) is 11.8. The molecule has 1 N–H and O–H groups in total. The Balaban J connectivity index is 2.13. The molecule has 3 rings (SSSR count). The molecule has 0 amide bonds. The molecule has 0 atom stereocenters. The Morgan fingerprint density at radius 2 is 2.11 bits per heavy atom. The molecular weight excluding hydrogens is 341 g/mol. The standard InChI is InChI=1S/C13H10IN3O/c1-15-12-9(14)7-16-13(17-12)11-6-8-4-2-3-5-10(8)18-11/h2-7H,1H3,(H,15,16,17). The van der Waals surface area contributed by atoms with E-state index in [-0.39, 0.29) is 0 Å². The van der Waals surface area contributed by atoms with Crippen LogP contribution in [0.4, 0.5) is 5.82 Å². The Bertz CT molecular complexity index is 675. The zero-order chi connectivity index (χ0) is 12.5. The monoisotopic (exact) mass is 351 g/mol. The Morgan fingerprint density at radius 3 is 2.89 bits per heavy atom. The molecule has 2 aromatic heterocycles. The molecule has 0 aliphatic carbocycles. The number of fused-ring (bicyclic) bond motifs is 1. The molecule has 18 heavy (non-hydrogen) atoms. The summed E-state index contributed by atoms with van der Waals surface area (Å²) in [6.07, 6.45) is 1.78. The van der Waals surface area contributed by atoms with E-state index in [0.29, 0.717) is 11.6 Å². The van der Waals surface area contributed by atoms with Crippen LogP contribution in [0.3, 0.4) is 0 Å². The van der Waals surface area contributed by atoms with Crippen molar-refractivity contribution in [2.75, 3.05) is 12.4 Å². The third kappa shape index (κ3) is 1.94. The number of nitrogens with one attached hydrogen (secondary N) is 1. The zero-order valence-electron chi connectivity index (χ0n) is 9.64. The number of anilines is 1. The lowest BCUT2D eigenvalue weighted by Crippen LogP contribution is -1.98. The largest absolute Gasteiger partial charge is 0.453 e. The molecule has 5 heteroatoms. The van der Waals surface area contributed by atoms with Crippen molar-refractivity contribution in [2.45, 2.75) is 0 Å². The highest BCUT2D eigenvalue weighted by Gasteiger charge is 2.10. The molecule has 0 aliphatic rings. The van der Waals surface area contributed by atoms with Crippen molar-refractivity contribution in [2.24, 2.45) is 0 Å². The van der Waals surface area contributed by atoms with Crippen LogP contribution in [0.15, 0.2) is 40.9 Å².